The number of thioether (sulfide) groups is 1. The molecule has 0 heterocycles. The largest absolute Gasteiger partial charge is 0.495 e. The number of hydrogen-bond acceptors (Lipinski definition) is 4. The minimum atomic E-state index is -0.256. The number of anilines is 3. The fraction of sp³-hybridized carbons (Fsp3) is 0.167. The normalized spacial score (nSPS) is 11.3. The van der Waals surface area contributed by atoms with Gasteiger partial charge in [-0.25, -0.2) is 0 Å². The lowest BCUT2D eigenvalue weighted by Crippen LogP contribution is -2.22. The molecule has 3 aromatic rings. The van der Waals surface area contributed by atoms with E-state index >= 15 is 0 Å². The van der Waals surface area contributed by atoms with Crippen molar-refractivity contribution in [2.75, 3.05) is 23.1 Å². The average Bonchev–Trinajstić information content (AvgIpc) is 2.76. The lowest BCUT2D eigenvalue weighted by atomic mass is 10.2. The van der Waals surface area contributed by atoms with Crippen LogP contribution in [-0.2, 0) is 4.79 Å². The van der Waals surface area contributed by atoms with Gasteiger partial charge in [0.25, 0.3) is 0 Å². The first-order valence-corrected chi connectivity index (χ1v) is 11.1. The molecule has 0 fully saturated rings. The maximum Gasteiger partial charge on any atom is 0.237 e. The van der Waals surface area contributed by atoms with Gasteiger partial charge in [0.15, 0.2) is 5.11 Å². The number of rotatable bonds is 7. The Morgan fingerprint density at radius 1 is 0.935 bits per heavy atom. The van der Waals surface area contributed by atoms with E-state index < -0.39 is 0 Å². The Hall–Kier alpha value is -3.03. The molecule has 0 aliphatic carbocycles. The highest BCUT2D eigenvalue weighted by molar-refractivity contribution is 8.00. The van der Waals surface area contributed by atoms with Crippen molar-refractivity contribution in [3.8, 4) is 5.75 Å². The average molecular weight is 452 g/mol. The molecule has 3 N–H and O–H groups in total. The van der Waals surface area contributed by atoms with E-state index in [-0.39, 0.29) is 11.2 Å². The molecule has 5 nitrogen and oxygen atoms in total. The van der Waals surface area contributed by atoms with Gasteiger partial charge in [-0.2, -0.15) is 0 Å². The summed E-state index contributed by atoms with van der Waals surface area (Å²) in [6.45, 7) is 3.87. The number of thiocarbonyl (C=S) groups is 1. The first kappa shape index (κ1) is 22.7. The van der Waals surface area contributed by atoms with Crippen molar-refractivity contribution >= 4 is 52.1 Å². The fourth-order valence-corrected chi connectivity index (χ4v) is 4.04. The summed E-state index contributed by atoms with van der Waals surface area (Å²) in [5.74, 6) is 0.676. The Morgan fingerprint density at radius 3 is 2.39 bits per heavy atom. The second kappa shape index (κ2) is 10.8. The zero-order chi connectivity index (χ0) is 22.2. The smallest absolute Gasteiger partial charge is 0.237 e. The van der Waals surface area contributed by atoms with Gasteiger partial charge in [0, 0.05) is 16.3 Å². The Morgan fingerprint density at radius 2 is 1.65 bits per heavy atom. The standard InChI is InChI=1S/C24H25N3O2S2/c1-16-9-4-5-12-20(16)26-23(28)17(2)31-19-11-8-10-18(15-19)25-24(30)27-21-13-6-7-14-22(21)29-3/h4-15,17H,1-3H3,(H,26,28)(H2,25,27,30). The topological polar surface area (TPSA) is 62.4 Å². The van der Waals surface area contributed by atoms with Crippen molar-refractivity contribution in [2.45, 2.75) is 24.0 Å². The molecule has 7 heteroatoms. The summed E-state index contributed by atoms with van der Waals surface area (Å²) in [6, 6.07) is 23.1. The molecule has 31 heavy (non-hydrogen) atoms. The lowest BCUT2D eigenvalue weighted by Gasteiger charge is -2.15. The number of methoxy groups -OCH3 is 1. The number of ether oxygens (including phenoxy) is 1. The Kier molecular flexibility index (Phi) is 7.92. The Balaban J connectivity index is 1.60. The van der Waals surface area contributed by atoms with Gasteiger partial charge in [-0.05, 0) is 68.0 Å². The number of aryl methyl sites for hydroxylation is 1. The van der Waals surface area contributed by atoms with Gasteiger partial charge < -0.3 is 20.7 Å². The molecule has 3 aromatic carbocycles. The number of hydrogen-bond donors (Lipinski definition) is 3. The van der Waals surface area contributed by atoms with Crippen LogP contribution in [0.4, 0.5) is 17.1 Å². The molecule has 0 radical (unpaired) electrons. The van der Waals surface area contributed by atoms with E-state index in [1.54, 1.807) is 7.11 Å². The zero-order valence-electron chi connectivity index (χ0n) is 17.6. The van der Waals surface area contributed by atoms with Crippen molar-refractivity contribution < 1.29 is 9.53 Å². The fourth-order valence-electron chi connectivity index (χ4n) is 2.88. The number of amides is 1. The van der Waals surface area contributed by atoms with Gasteiger partial charge >= 0.3 is 0 Å². The van der Waals surface area contributed by atoms with E-state index in [2.05, 4.69) is 16.0 Å². The van der Waals surface area contributed by atoms with Crippen LogP contribution in [0, 0.1) is 6.92 Å². The molecule has 1 unspecified atom stereocenters. The number of benzene rings is 3. The molecule has 0 saturated carbocycles. The van der Waals surface area contributed by atoms with E-state index in [1.165, 1.54) is 11.8 Å². The Labute approximate surface area is 192 Å². The molecule has 3 rings (SSSR count). The van der Waals surface area contributed by atoms with Crippen LogP contribution in [0.5, 0.6) is 5.75 Å². The quantitative estimate of drug-likeness (QED) is 0.306. The van der Waals surface area contributed by atoms with Crippen molar-refractivity contribution in [3.05, 3.63) is 78.4 Å². The number of nitrogens with one attached hydrogen (secondary N) is 3. The minimum Gasteiger partial charge on any atom is -0.495 e. The summed E-state index contributed by atoms with van der Waals surface area (Å²) in [7, 11) is 1.62. The summed E-state index contributed by atoms with van der Waals surface area (Å²) in [5, 5.41) is 9.52. The van der Waals surface area contributed by atoms with Crippen LogP contribution in [0.2, 0.25) is 0 Å². The molecule has 0 aliphatic heterocycles. The van der Waals surface area contributed by atoms with Crippen LogP contribution < -0.4 is 20.7 Å². The summed E-state index contributed by atoms with van der Waals surface area (Å²) >= 11 is 6.93. The van der Waals surface area contributed by atoms with E-state index in [0.717, 1.165) is 27.5 Å². The Bertz CT molecular complexity index is 1070. The highest BCUT2D eigenvalue weighted by atomic mass is 32.2. The van der Waals surface area contributed by atoms with Crippen LogP contribution in [-0.4, -0.2) is 23.4 Å². The van der Waals surface area contributed by atoms with Gasteiger partial charge in [0.2, 0.25) is 5.91 Å². The van der Waals surface area contributed by atoms with E-state index in [4.69, 9.17) is 17.0 Å². The van der Waals surface area contributed by atoms with Crippen molar-refractivity contribution in [3.63, 3.8) is 0 Å². The number of carbonyl (C=O) groups is 1. The van der Waals surface area contributed by atoms with Crippen LogP contribution >= 0.6 is 24.0 Å². The second-order valence-corrected chi connectivity index (χ2v) is 8.69. The molecule has 160 valence electrons. The third-order valence-corrected chi connectivity index (χ3v) is 5.83. The molecular weight excluding hydrogens is 426 g/mol. The molecule has 0 bridgehead atoms. The third kappa shape index (κ3) is 6.47. The second-order valence-electron chi connectivity index (χ2n) is 6.87. The van der Waals surface area contributed by atoms with Crippen molar-refractivity contribution in [2.24, 2.45) is 0 Å². The highest BCUT2D eigenvalue weighted by Gasteiger charge is 2.15. The molecule has 0 spiro atoms. The predicted molar refractivity (Wildman–Crippen MR) is 134 cm³/mol. The first-order valence-electron chi connectivity index (χ1n) is 9.80. The molecule has 0 aliphatic rings. The molecule has 0 aromatic heterocycles. The number of para-hydroxylation sites is 3. The maximum absolute atomic E-state index is 12.6. The molecule has 1 atom stereocenters. The summed E-state index contributed by atoms with van der Waals surface area (Å²) in [6.07, 6.45) is 0. The molecule has 1 amide bonds. The molecular formula is C24H25N3O2S2. The summed E-state index contributed by atoms with van der Waals surface area (Å²) in [4.78, 5) is 13.6. The van der Waals surface area contributed by atoms with Gasteiger partial charge in [0.05, 0.1) is 18.0 Å². The van der Waals surface area contributed by atoms with Crippen LogP contribution in [0.3, 0.4) is 0 Å². The summed E-state index contributed by atoms with van der Waals surface area (Å²) in [5.41, 5.74) is 3.50. The summed E-state index contributed by atoms with van der Waals surface area (Å²) < 4.78 is 5.34. The van der Waals surface area contributed by atoms with Gasteiger partial charge in [0.1, 0.15) is 5.75 Å². The van der Waals surface area contributed by atoms with Crippen LogP contribution in [0.15, 0.2) is 77.7 Å². The third-order valence-electron chi connectivity index (χ3n) is 4.53. The van der Waals surface area contributed by atoms with Crippen molar-refractivity contribution in [1.29, 1.82) is 0 Å². The lowest BCUT2D eigenvalue weighted by molar-refractivity contribution is -0.115. The predicted octanol–water partition coefficient (Wildman–Crippen LogP) is 5.93. The van der Waals surface area contributed by atoms with Crippen LogP contribution in [0.25, 0.3) is 0 Å². The molecule has 0 saturated heterocycles. The van der Waals surface area contributed by atoms with E-state index in [9.17, 15) is 4.79 Å². The first-order chi connectivity index (χ1) is 15.0. The number of carbonyl (C=O) groups excluding carboxylic acids is 1. The maximum atomic E-state index is 12.6. The van der Waals surface area contributed by atoms with Gasteiger partial charge in [-0.3, -0.25) is 4.79 Å². The van der Waals surface area contributed by atoms with E-state index in [0.29, 0.717) is 10.9 Å². The van der Waals surface area contributed by atoms with Crippen molar-refractivity contribution in [1.82, 2.24) is 0 Å². The minimum absolute atomic E-state index is 0.0361. The SMILES string of the molecule is COc1ccccc1NC(=S)Nc1cccc(SC(C)C(=O)Nc2ccccc2C)c1. The monoisotopic (exact) mass is 451 g/mol. The highest BCUT2D eigenvalue weighted by Crippen LogP contribution is 2.28. The van der Waals surface area contributed by atoms with Gasteiger partial charge in [-0.15, -0.1) is 11.8 Å². The van der Waals surface area contributed by atoms with E-state index in [1.807, 2.05) is 86.6 Å². The van der Waals surface area contributed by atoms with Gasteiger partial charge in [-0.1, -0.05) is 36.4 Å². The van der Waals surface area contributed by atoms with Crippen LogP contribution in [0.1, 0.15) is 12.5 Å². The zero-order valence-corrected chi connectivity index (χ0v) is 19.3.